The van der Waals surface area contributed by atoms with Gasteiger partial charge < -0.3 is 9.47 Å². The number of rotatable bonds is 8. The van der Waals surface area contributed by atoms with E-state index < -0.39 is 60.4 Å². The standard InChI is InChI=1S/C58H40N2/c1-4-15-41(16-5-1)47-37-48(42-17-6-2-7-18-42)39-52(38-47)59(49-21-8-3-9-22-49)50-32-27-43(28-33-50)46-31-36-58-56(40-46)55-24-12-13-26-57(55)60(58)51-34-29-45(30-35-51)54-25-14-20-44-19-10-11-23-53(44)54/h1-40H/i1D,2D,4D,5D,6D,7D,15D,16D,17D,18D. The maximum atomic E-state index is 8.89. The molecule has 0 fully saturated rings. The first kappa shape index (κ1) is 26.1. The van der Waals surface area contributed by atoms with E-state index in [2.05, 4.69) is 114 Å². The van der Waals surface area contributed by atoms with Gasteiger partial charge in [0.15, 0.2) is 0 Å². The maximum Gasteiger partial charge on any atom is 0.0629 e. The third-order valence-electron chi connectivity index (χ3n) is 11.1. The molecule has 0 aliphatic carbocycles. The molecule has 0 aliphatic rings. The van der Waals surface area contributed by atoms with Gasteiger partial charge in [0.05, 0.1) is 24.7 Å². The number of benzene rings is 10. The predicted molar refractivity (Wildman–Crippen MR) is 255 cm³/mol. The van der Waals surface area contributed by atoms with E-state index >= 15 is 0 Å². The van der Waals surface area contributed by atoms with Gasteiger partial charge >= 0.3 is 0 Å². The van der Waals surface area contributed by atoms with Gasteiger partial charge in [0.2, 0.25) is 0 Å². The van der Waals surface area contributed by atoms with Crippen molar-refractivity contribution in [3.63, 3.8) is 0 Å². The second-order valence-electron chi connectivity index (χ2n) is 14.6. The molecular formula is C58H40N2. The van der Waals surface area contributed by atoms with Gasteiger partial charge in [-0.2, -0.15) is 0 Å². The molecule has 0 radical (unpaired) electrons. The molecule has 0 spiro atoms. The molecule has 2 heteroatoms. The normalized spacial score (nSPS) is 13.7. The first-order valence-corrected chi connectivity index (χ1v) is 19.8. The van der Waals surface area contributed by atoms with Gasteiger partial charge in [-0.3, -0.25) is 0 Å². The summed E-state index contributed by atoms with van der Waals surface area (Å²) in [5.74, 6) is 0. The van der Waals surface area contributed by atoms with E-state index in [9.17, 15) is 0 Å². The van der Waals surface area contributed by atoms with E-state index in [4.69, 9.17) is 13.7 Å². The average Bonchev–Trinajstić information content (AvgIpc) is 3.73. The Balaban J connectivity index is 1.02. The fourth-order valence-corrected chi connectivity index (χ4v) is 8.34. The van der Waals surface area contributed by atoms with Crippen molar-refractivity contribution in [2.24, 2.45) is 0 Å². The summed E-state index contributed by atoms with van der Waals surface area (Å²) in [7, 11) is 0. The highest BCUT2D eigenvalue weighted by Gasteiger charge is 2.17. The van der Waals surface area contributed by atoms with Crippen molar-refractivity contribution in [3.05, 3.63) is 242 Å². The van der Waals surface area contributed by atoms with Gasteiger partial charge in [-0.05, 0) is 128 Å². The van der Waals surface area contributed by atoms with Crippen LogP contribution < -0.4 is 4.90 Å². The summed E-state index contributed by atoms with van der Waals surface area (Å²) in [4.78, 5) is 1.93. The number of nitrogens with zero attached hydrogens (tertiary/aromatic N) is 2. The van der Waals surface area contributed by atoms with E-state index in [-0.39, 0.29) is 22.3 Å². The summed E-state index contributed by atoms with van der Waals surface area (Å²) in [6.07, 6.45) is 0. The summed E-state index contributed by atoms with van der Waals surface area (Å²) >= 11 is 0. The summed E-state index contributed by atoms with van der Waals surface area (Å²) in [5, 5.41) is 4.64. The molecule has 1 heterocycles. The third-order valence-corrected chi connectivity index (χ3v) is 11.1. The van der Waals surface area contributed by atoms with Gasteiger partial charge in [0.25, 0.3) is 0 Å². The Morgan fingerprint density at radius 3 is 1.62 bits per heavy atom. The number of aromatic nitrogens is 1. The summed E-state index contributed by atoms with van der Waals surface area (Å²) in [5.41, 5.74) is 9.67. The minimum atomic E-state index is -0.542. The number of fused-ring (bicyclic) bond motifs is 4. The van der Waals surface area contributed by atoms with Crippen LogP contribution in [0.15, 0.2) is 242 Å². The van der Waals surface area contributed by atoms with Crippen molar-refractivity contribution >= 4 is 49.6 Å². The van der Waals surface area contributed by atoms with Crippen molar-refractivity contribution in [2.75, 3.05) is 4.90 Å². The second-order valence-corrected chi connectivity index (χ2v) is 14.6. The highest BCUT2D eigenvalue weighted by atomic mass is 15.1. The fraction of sp³-hybridized carbons (Fsp3) is 0. The predicted octanol–water partition coefficient (Wildman–Crippen LogP) is 16.1. The number of hydrogen-bond acceptors (Lipinski definition) is 1. The molecule has 2 nitrogen and oxygen atoms in total. The summed E-state index contributed by atoms with van der Waals surface area (Å²) < 4.78 is 88.3. The average molecular weight is 775 g/mol. The molecule has 60 heavy (non-hydrogen) atoms. The van der Waals surface area contributed by atoms with Crippen molar-refractivity contribution in [2.45, 2.75) is 0 Å². The molecule has 0 atom stereocenters. The zero-order chi connectivity index (χ0) is 48.5. The zero-order valence-electron chi connectivity index (χ0n) is 42.2. The molecule has 10 aromatic carbocycles. The Labute approximate surface area is 364 Å². The van der Waals surface area contributed by atoms with Crippen LogP contribution in [0.5, 0.6) is 0 Å². The van der Waals surface area contributed by atoms with Gasteiger partial charge in [0, 0.05) is 33.5 Å². The van der Waals surface area contributed by atoms with Crippen LogP contribution in [-0.4, -0.2) is 4.57 Å². The third kappa shape index (κ3) is 6.41. The first-order valence-electron chi connectivity index (χ1n) is 24.8. The minimum absolute atomic E-state index is 0.0838. The number of para-hydroxylation sites is 2. The van der Waals surface area contributed by atoms with Crippen LogP contribution in [0.3, 0.4) is 0 Å². The van der Waals surface area contributed by atoms with E-state index in [0.29, 0.717) is 11.4 Å². The number of hydrogen-bond donors (Lipinski definition) is 0. The Morgan fingerprint density at radius 2 is 0.900 bits per heavy atom. The van der Waals surface area contributed by atoms with Gasteiger partial charge in [-0.15, -0.1) is 0 Å². The van der Waals surface area contributed by atoms with Gasteiger partial charge in [0.1, 0.15) is 0 Å². The fourth-order valence-electron chi connectivity index (χ4n) is 8.34. The molecule has 0 saturated heterocycles. The van der Waals surface area contributed by atoms with Crippen LogP contribution in [0.25, 0.3) is 82.8 Å². The summed E-state index contributed by atoms with van der Waals surface area (Å²) in [6.45, 7) is 0. The highest BCUT2D eigenvalue weighted by Crippen LogP contribution is 2.41. The second kappa shape index (κ2) is 15.1. The molecule has 0 amide bonds. The topological polar surface area (TPSA) is 8.17 Å². The lowest BCUT2D eigenvalue weighted by Crippen LogP contribution is -2.10. The Morgan fingerprint density at radius 1 is 0.333 bits per heavy atom. The molecule has 0 saturated carbocycles. The largest absolute Gasteiger partial charge is 0.310 e. The zero-order valence-corrected chi connectivity index (χ0v) is 32.2. The lowest BCUT2D eigenvalue weighted by atomic mass is 9.97. The molecule has 11 rings (SSSR count). The SMILES string of the molecule is [2H]c1c([2H])c([2H])c(-c2cc(-c3c([2H])c([2H])c([2H])c([2H])c3[2H])cc(N(c3ccccc3)c3ccc(-c4ccc5c(c4)c4ccccc4n5-c4ccc(-c5cccc6ccccc56)cc4)cc3)c2)c([2H])c1[2H]. The van der Waals surface area contributed by atoms with E-state index in [1.165, 1.54) is 22.4 Å². The molecule has 0 N–H and O–H groups in total. The van der Waals surface area contributed by atoms with Crippen molar-refractivity contribution in [3.8, 4) is 50.2 Å². The van der Waals surface area contributed by atoms with Gasteiger partial charge in [-0.25, -0.2) is 0 Å². The molecule has 0 aliphatic heterocycles. The van der Waals surface area contributed by atoms with Crippen LogP contribution in [0.2, 0.25) is 0 Å². The molecule has 282 valence electrons. The lowest BCUT2D eigenvalue weighted by molar-refractivity contribution is 1.18. The highest BCUT2D eigenvalue weighted by molar-refractivity contribution is 6.10. The minimum Gasteiger partial charge on any atom is -0.310 e. The quantitative estimate of drug-likeness (QED) is 0.149. The van der Waals surface area contributed by atoms with Crippen molar-refractivity contribution < 1.29 is 13.7 Å². The van der Waals surface area contributed by atoms with Crippen LogP contribution in [0.4, 0.5) is 17.1 Å². The first-order chi connectivity index (χ1) is 33.9. The molecule has 11 aromatic rings. The Kier molecular flexibility index (Phi) is 6.58. The van der Waals surface area contributed by atoms with Crippen LogP contribution >= 0.6 is 0 Å². The molecular weight excluding hydrogens is 725 g/mol. The Bertz CT molecular complexity index is 3740. The van der Waals surface area contributed by atoms with Gasteiger partial charge in [-0.1, -0.05) is 170 Å². The van der Waals surface area contributed by atoms with Crippen molar-refractivity contribution in [1.82, 2.24) is 4.57 Å². The van der Waals surface area contributed by atoms with E-state index in [0.717, 1.165) is 49.9 Å². The maximum absolute atomic E-state index is 8.89. The van der Waals surface area contributed by atoms with Crippen molar-refractivity contribution in [1.29, 1.82) is 0 Å². The smallest absolute Gasteiger partial charge is 0.0629 e. The monoisotopic (exact) mass is 774 g/mol. The molecule has 0 bridgehead atoms. The molecule has 0 unspecified atom stereocenters. The number of anilines is 3. The van der Waals surface area contributed by atoms with Crippen LogP contribution in [0, 0.1) is 0 Å². The Hall–Kier alpha value is -7.94. The lowest BCUT2D eigenvalue weighted by Gasteiger charge is -2.27. The van der Waals surface area contributed by atoms with Crippen LogP contribution in [-0.2, 0) is 0 Å². The van der Waals surface area contributed by atoms with E-state index in [1.807, 2.05) is 59.5 Å². The van der Waals surface area contributed by atoms with E-state index in [1.54, 1.807) is 12.1 Å². The summed E-state index contributed by atoms with van der Waals surface area (Å²) in [6, 6.07) is 56.1. The van der Waals surface area contributed by atoms with Crippen LogP contribution in [0.1, 0.15) is 13.7 Å². The molecule has 1 aromatic heterocycles.